The van der Waals surface area contributed by atoms with E-state index in [1.165, 1.54) is 6.33 Å². The van der Waals surface area contributed by atoms with Gasteiger partial charge in [-0.3, -0.25) is 4.98 Å². The average molecular weight is 713 g/mol. The van der Waals surface area contributed by atoms with E-state index in [-0.39, 0.29) is 12.4 Å². The average Bonchev–Trinajstić information content (AvgIpc) is 3.61. The SMILES string of the molecule is CC(C)(C)OC(=O)N(C(=O)OC(C)(C)C)c1ncnc2c1ccn2[C@@H]1O[C@H](COc2ccc3cc(Br)cnc3c2)[C@H]2OC(C)(C)O[C@H]21. The number of anilines is 1. The minimum atomic E-state index is -0.931. The molecule has 2 aliphatic rings. The molecular weight excluding hydrogens is 674 g/mol. The molecular formula is C33H38BrN5O8. The van der Waals surface area contributed by atoms with Crippen LogP contribution in [-0.4, -0.2) is 73.6 Å². The quantitative estimate of drug-likeness (QED) is 0.213. The van der Waals surface area contributed by atoms with Gasteiger partial charge in [0.15, 0.2) is 17.8 Å². The molecule has 2 fully saturated rings. The zero-order valence-electron chi connectivity index (χ0n) is 27.5. The van der Waals surface area contributed by atoms with E-state index < -0.39 is 53.7 Å². The lowest BCUT2D eigenvalue weighted by atomic mass is 10.1. The number of halogens is 1. The van der Waals surface area contributed by atoms with Crippen LogP contribution in [0.1, 0.15) is 61.6 Å². The summed E-state index contributed by atoms with van der Waals surface area (Å²) in [6.45, 7) is 14.1. The molecule has 0 spiro atoms. The Morgan fingerprint density at radius 1 is 0.957 bits per heavy atom. The van der Waals surface area contributed by atoms with Crippen LogP contribution in [0.3, 0.4) is 0 Å². The van der Waals surface area contributed by atoms with E-state index in [2.05, 4.69) is 30.9 Å². The Labute approximate surface area is 280 Å². The number of carbonyl (C=O) groups is 2. The summed E-state index contributed by atoms with van der Waals surface area (Å²) < 4.78 is 39.2. The highest BCUT2D eigenvalue weighted by Crippen LogP contribution is 2.44. The molecule has 3 aromatic heterocycles. The summed E-state index contributed by atoms with van der Waals surface area (Å²) >= 11 is 3.45. The van der Waals surface area contributed by atoms with Crippen LogP contribution in [0, 0.1) is 0 Å². The van der Waals surface area contributed by atoms with Crippen molar-refractivity contribution in [2.75, 3.05) is 11.5 Å². The first-order valence-electron chi connectivity index (χ1n) is 15.2. The topological polar surface area (TPSA) is 136 Å². The van der Waals surface area contributed by atoms with Crippen molar-refractivity contribution in [3.8, 4) is 5.75 Å². The van der Waals surface area contributed by atoms with Gasteiger partial charge in [-0.2, -0.15) is 4.90 Å². The van der Waals surface area contributed by atoms with E-state index in [0.717, 1.165) is 20.3 Å². The molecule has 6 rings (SSSR count). The number of hydrogen-bond donors (Lipinski definition) is 0. The molecule has 13 nitrogen and oxygen atoms in total. The van der Waals surface area contributed by atoms with Crippen molar-refractivity contribution in [2.24, 2.45) is 0 Å². The smallest absolute Gasteiger partial charge is 0.425 e. The zero-order chi connectivity index (χ0) is 33.9. The highest BCUT2D eigenvalue weighted by atomic mass is 79.9. The molecule has 250 valence electrons. The fourth-order valence-electron chi connectivity index (χ4n) is 5.56. The molecule has 2 saturated heterocycles. The standard InChI is InChI=1S/C33H38BrN5O8/c1-31(2,3)46-29(40)39(30(41)47-32(4,5)6)27-21-11-12-38(26(21)36-17-37-27)28-25-24(44-33(7,8)45-25)23(43-28)16-42-20-10-9-18-13-19(34)15-35-22(18)14-20/h9-15,17,23-25,28H,16H2,1-8H3/t23-,24-,25-,28-/m1/s1. The fraction of sp³-hybridized carbons (Fsp3) is 0.485. The zero-order valence-corrected chi connectivity index (χ0v) is 29.1. The number of fused-ring (bicyclic) bond motifs is 3. The number of ether oxygens (including phenoxy) is 6. The second-order valence-corrected chi connectivity index (χ2v) is 14.8. The number of imide groups is 1. The first kappa shape index (κ1) is 33.1. The maximum atomic E-state index is 13.4. The third-order valence-electron chi connectivity index (χ3n) is 7.29. The first-order valence-corrected chi connectivity index (χ1v) is 16.0. The number of amides is 2. The molecule has 1 aromatic carbocycles. The van der Waals surface area contributed by atoms with Crippen molar-refractivity contribution in [3.05, 3.63) is 53.5 Å². The molecule has 5 heterocycles. The lowest BCUT2D eigenvalue weighted by molar-refractivity contribution is -0.198. The number of nitrogens with zero attached hydrogens (tertiary/aromatic N) is 5. The Balaban J connectivity index is 1.30. The van der Waals surface area contributed by atoms with Crippen molar-refractivity contribution in [1.82, 2.24) is 19.5 Å². The van der Waals surface area contributed by atoms with Gasteiger partial charge in [0.2, 0.25) is 0 Å². The van der Waals surface area contributed by atoms with Gasteiger partial charge >= 0.3 is 12.2 Å². The van der Waals surface area contributed by atoms with E-state index in [4.69, 9.17) is 28.4 Å². The van der Waals surface area contributed by atoms with Crippen LogP contribution in [0.5, 0.6) is 5.75 Å². The second kappa shape index (κ2) is 12.0. The van der Waals surface area contributed by atoms with E-state index in [9.17, 15) is 9.59 Å². The molecule has 14 heteroatoms. The molecule has 2 amide bonds. The predicted molar refractivity (Wildman–Crippen MR) is 175 cm³/mol. The van der Waals surface area contributed by atoms with Crippen LogP contribution >= 0.6 is 15.9 Å². The van der Waals surface area contributed by atoms with Gasteiger partial charge in [-0.15, -0.1) is 0 Å². The molecule has 4 atom stereocenters. The number of aromatic nitrogens is 4. The molecule has 0 bridgehead atoms. The summed E-state index contributed by atoms with van der Waals surface area (Å²) in [4.78, 5) is 40.9. The van der Waals surface area contributed by atoms with Gasteiger partial charge in [0.05, 0.1) is 10.9 Å². The van der Waals surface area contributed by atoms with Gasteiger partial charge in [-0.1, -0.05) is 0 Å². The summed E-state index contributed by atoms with van der Waals surface area (Å²) in [5.41, 5.74) is -0.562. The molecule has 2 aliphatic heterocycles. The van der Waals surface area contributed by atoms with Crippen molar-refractivity contribution in [2.45, 2.75) is 96.9 Å². The third-order valence-corrected chi connectivity index (χ3v) is 7.72. The second-order valence-electron chi connectivity index (χ2n) is 13.9. The molecule has 0 saturated carbocycles. The van der Waals surface area contributed by atoms with Crippen LogP contribution in [-0.2, 0) is 23.7 Å². The van der Waals surface area contributed by atoms with E-state index >= 15 is 0 Å². The van der Waals surface area contributed by atoms with Gasteiger partial charge in [-0.05, 0) is 95.6 Å². The van der Waals surface area contributed by atoms with Crippen molar-refractivity contribution in [1.29, 1.82) is 0 Å². The minimum Gasteiger partial charge on any atom is -0.491 e. The third kappa shape index (κ3) is 7.05. The Hall–Kier alpha value is -3.85. The van der Waals surface area contributed by atoms with E-state index in [1.54, 1.807) is 64.6 Å². The van der Waals surface area contributed by atoms with Gasteiger partial charge in [0.25, 0.3) is 0 Å². The fourth-order valence-corrected chi connectivity index (χ4v) is 5.91. The highest BCUT2D eigenvalue weighted by molar-refractivity contribution is 9.10. The van der Waals surface area contributed by atoms with E-state index in [1.807, 2.05) is 38.1 Å². The van der Waals surface area contributed by atoms with Crippen LogP contribution < -0.4 is 9.64 Å². The maximum absolute atomic E-state index is 13.4. The normalized spacial score (nSPS) is 22.3. The summed E-state index contributed by atoms with van der Waals surface area (Å²) in [6.07, 6.45) is 0.744. The van der Waals surface area contributed by atoms with E-state index in [0.29, 0.717) is 16.8 Å². The first-order chi connectivity index (χ1) is 22.0. The van der Waals surface area contributed by atoms with Gasteiger partial charge < -0.3 is 33.0 Å². The van der Waals surface area contributed by atoms with Gasteiger partial charge in [0, 0.05) is 28.3 Å². The number of pyridine rings is 1. The molecule has 47 heavy (non-hydrogen) atoms. The number of hydrogen-bond acceptors (Lipinski definition) is 11. The Morgan fingerprint density at radius 2 is 1.64 bits per heavy atom. The van der Waals surface area contributed by atoms with Crippen LogP contribution in [0.4, 0.5) is 15.4 Å². The van der Waals surface area contributed by atoms with Crippen LogP contribution in [0.25, 0.3) is 21.9 Å². The van der Waals surface area contributed by atoms with Gasteiger partial charge in [0.1, 0.15) is 53.8 Å². The van der Waals surface area contributed by atoms with Crippen molar-refractivity contribution < 1.29 is 38.0 Å². The summed E-state index contributed by atoms with van der Waals surface area (Å²) in [5.74, 6) is -0.224. The number of benzene rings is 1. The minimum absolute atomic E-state index is 0.00698. The summed E-state index contributed by atoms with van der Waals surface area (Å²) in [6, 6.07) is 9.40. The van der Waals surface area contributed by atoms with Crippen molar-refractivity contribution >= 4 is 55.9 Å². The Morgan fingerprint density at radius 3 is 2.32 bits per heavy atom. The monoisotopic (exact) mass is 711 g/mol. The summed E-state index contributed by atoms with van der Waals surface area (Å²) in [5, 5.41) is 1.38. The maximum Gasteiger partial charge on any atom is 0.425 e. The highest BCUT2D eigenvalue weighted by Gasteiger charge is 2.56. The van der Waals surface area contributed by atoms with Gasteiger partial charge in [-0.25, -0.2) is 19.6 Å². The number of rotatable bonds is 5. The van der Waals surface area contributed by atoms with Crippen molar-refractivity contribution in [3.63, 3.8) is 0 Å². The Bertz CT molecular complexity index is 1800. The number of carbonyl (C=O) groups excluding carboxylic acids is 2. The lowest BCUT2D eigenvalue weighted by Crippen LogP contribution is -2.44. The lowest BCUT2D eigenvalue weighted by Gasteiger charge is -2.28. The molecule has 0 radical (unpaired) electrons. The van der Waals surface area contributed by atoms with Crippen LogP contribution in [0.2, 0.25) is 0 Å². The largest absolute Gasteiger partial charge is 0.491 e. The predicted octanol–water partition coefficient (Wildman–Crippen LogP) is 6.92. The Kier molecular flexibility index (Phi) is 8.44. The molecule has 0 aliphatic carbocycles. The molecule has 0 unspecified atom stereocenters. The molecule has 4 aromatic rings. The van der Waals surface area contributed by atoms with Crippen LogP contribution in [0.15, 0.2) is 53.5 Å². The molecule has 0 N–H and O–H groups in total. The summed E-state index contributed by atoms with van der Waals surface area (Å²) in [7, 11) is 0.